The number of hydrogen-bond donors (Lipinski definition) is 1. The van der Waals surface area contributed by atoms with Crippen LogP contribution in [0.2, 0.25) is 5.02 Å². The molecule has 0 saturated heterocycles. The summed E-state index contributed by atoms with van der Waals surface area (Å²) in [6.07, 6.45) is 2.21. The van der Waals surface area contributed by atoms with Crippen molar-refractivity contribution in [1.82, 2.24) is 15.1 Å². The van der Waals surface area contributed by atoms with E-state index < -0.39 is 9.84 Å². The molecule has 8 heteroatoms. The molecule has 3 rings (SSSR count). The van der Waals surface area contributed by atoms with Gasteiger partial charge in [-0.2, -0.15) is 0 Å². The molecular formula is C19H20ClN3O3S. The van der Waals surface area contributed by atoms with E-state index in [1.54, 1.807) is 12.1 Å². The molecule has 0 bridgehead atoms. The molecule has 0 radical (unpaired) electrons. The largest absolute Gasteiger partial charge is 0.476 e. The van der Waals surface area contributed by atoms with Crippen LogP contribution in [0.3, 0.4) is 0 Å². The molecule has 1 heterocycles. The molecule has 1 N–H and O–H groups in total. The molecule has 27 heavy (non-hydrogen) atoms. The van der Waals surface area contributed by atoms with Crippen LogP contribution in [-0.2, 0) is 9.84 Å². The third-order valence-electron chi connectivity index (χ3n) is 3.89. The van der Waals surface area contributed by atoms with Gasteiger partial charge in [-0.15, -0.1) is 5.10 Å². The van der Waals surface area contributed by atoms with Crippen molar-refractivity contribution in [2.24, 2.45) is 0 Å². The molecular weight excluding hydrogens is 386 g/mol. The first-order valence-corrected chi connectivity index (χ1v) is 10.3. The van der Waals surface area contributed by atoms with Gasteiger partial charge in [0.1, 0.15) is 0 Å². The van der Waals surface area contributed by atoms with Crippen LogP contribution < -0.4 is 10.1 Å². The van der Waals surface area contributed by atoms with Crippen LogP contribution in [0.25, 0.3) is 5.69 Å². The second-order valence-electron chi connectivity index (χ2n) is 5.84. The number of aromatic nitrogens is 2. The maximum atomic E-state index is 13.1. The zero-order chi connectivity index (χ0) is 19.3. The van der Waals surface area contributed by atoms with E-state index in [2.05, 4.69) is 10.4 Å². The molecule has 0 fully saturated rings. The van der Waals surface area contributed by atoms with Gasteiger partial charge in [0, 0.05) is 5.02 Å². The van der Waals surface area contributed by atoms with Gasteiger partial charge in [-0.3, -0.25) is 0 Å². The molecule has 3 aromatic rings. The van der Waals surface area contributed by atoms with Crippen LogP contribution in [0.4, 0.5) is 0 Å². The molecule has 0 unspecified atom stereocenters. The fraction of sp³-hybridized carbons (Fsp3) is 0.211. The van der Waals surface area contributed by atoms with Gasteiger partial charge < -0.3 is 10.1 Å². The summed E-state index contributed by atoms with van der Waals surface area (Å²) in [5, 5.41) is 7.85. The first kappa shape index (κ1) is 19.4. The van der Waals surface area contributed by atoms with Gasteiger partial charge in [-0.25, -0.2) is 13.1 Å². The Morgan fingerprint density at radius 2 is 1.81 bits per heavy atom. The summed E-state index contributed by atoms with van der Waals surface area (Å²) in [6, 6.07) is 15.3. The van der Waals surface area contributed by atoms with E-state index in [1.807, 2.05) is 37.4 Å². The predicted molar refractivity (Wildman–Crippen MR) is 105 cm³/mol. The fourth-order valence-corrected chi connectivity index (χ4v) is 3.94. The van der Waals surface area contributed by atoms with Crippen molar-refractivity contribution in [1.29, 1.82) is 0 Å². The van der Waals surface area contributed by atoms with Crippen molar-refractivity contribution in [3.63, 3.8) is 0 Å². The van der Waals surface area contributed by atoms with E-state index in [0.29, 0.717) is 11.6 Å². The van der Waals surface area contributed by atoms with Crippen LogP contribution in [0.15, 0.2) is 70.6 Å². The number of benzene rings is 2. The Morgan fingerprint density at radius 3 is 2.48 bits per heavy atom. The van der Waals surface area contributed by atoms with Crippen LogP contribution in [0, 0.1) is 0 Å². The number of nitrogens with one attached hydrogen (secondary N) is 1. The monoisotopic (exact) mass is 405 g/mol. The molecule has 0 aliphatic heterocycles. The third-order valence-corrected chi connectivity index (χ3v) is 5.90. The summed E-state index contributed by atoms with van der Waals surface area (Å²) >= 11 is 5.88. The summed E-state index contributed by atoms with van der Waals surface area (Å²) in [5.74, 6) is 0.0879. The lowest BCUT2D eigenvalue weighted by molar-refractivity contribution is 0.289. The number of nitrogens with zero attached hydrogens (tertiary/aromatic N) is 2. The Balaban J connectivity index is 2.00. The molecule has 0 aliphatic rings. The van der Waals surface area contributed by atoms with E-state index in [-0.39, 0.29) is 15.7 Å². The van der Waals surface area contributed by atoms with Gasteiger partial charge in [0.2, 0.25) is 9.84 Å². The van der Waals surface area contributed by atoms with Crippen molar-refractivity contribution < 1.29 is 13.2 Å². The van der Waals surface area contributed by atoms with Crippen LogP contribution in [-0.4, -0.2) is 38.4 Å². The summed E-state index contributed by atoms with van der Waals surface area (Å²) in [5.41, 5.74) is 0.745. The number of hydrogen-bond acceptors (Lipinski definition) is 5. The van der Waals surface area contributed by atoms with E-state index in [1.165, 1.54) is 23.0 Å². The summed E-state index contributed by atoms with van der Waals surface area (Å²) in [4.78, 5) is 0.165. The summed E-state index contributed by atoms with van der Waals surface area (Å²) < 4.78 is 33.4. The standard InChI is InChI=1S/C19H20ClN3O3S/c1-21-12-5-13-26-19-18(14-23(22-19)16-6-3-2-4-7-16)27(24,25)17-10-8-15(20)9-11-17/h2-4,6-11,14,21H,5,12-13H2,1H3. The number of sulfone groups is 1. The van der Waals surface area contributed by atoms with Gasteiger partial charge in [0.05, 0.1) is 23.4 Å². The minimum atomic E-state index is -3.80. The molecule has 0 spiro atoms. The highest BCUT2D eigenvalue weighted by Gasteiger charge is 2.26. The Morgan fingerprint density at radius 1 is 1.11 bits per heavy atom. The Bertz CT molecular complexity index is 987. The first-order valence-electron chi connectivity index (χ1n) is 8.45. The SMILES string of the molecule is CNCCCOc1nn(-c2ccccc2)cc1S(=O)(=O)c1ccc(Cl)cc1. The molecule has 0 saturated carbocycles. The third kappa shape index (κ3) is 4.50. The first-order chi connectivity index (χ1) is 13.0. The Labute approximate surface area is 163 Å². The Hall–Kier alpha value is -2.35. The minimum Gasteiger partial charge on any atom is -0.476 e. The smallest absolute Gasteiger partial charge is 0.252 e. The van der Waals surface area contributed by atoms with Crippen molar-refractivity contribution in [2.45, 2.75) is 16.2 Å². The number of halogens is 1. The minimum absolute atomic E-state index is 0.0260. The summed E-state index contributed by atoms with van der Waals surface area (Å²) in [7, 11) is -1.95. The maximum absolute atomic E-state index is 13.1. The van der Waals surface area contributed by atoms with Gasteiger partial charge in [0.15, 0.2) is 4.90 Å². The average Bonchev–Trinajstić information content (AvgIpc) is 3.11. The molecule has 1 aromatic heterocycles. The van der Waals surface area contributed by atoms with Crippen molar-refractivity contribution in [3.05, 3.63) is 65.8 Å². The zero-order valence-electron chi connectivity index (χ0n) is 14.8. The van der Waals surface area contributed by atoms with Crippen LogP contribution in [0.1, 0.15) is 6.42 Å². The van der Waals surface area contributed by atoms with Crippen LogP contribution >= 0.6 is 11.6 Å². The number of para-hydroxylation sites is 1. The van der Waals surface area contributed by atoms with Crippen molar-refractivity contribution in [3.8, 4) is 11.6 Å². The Kier molecular flexibility index (Phi) is 6.15. The molecule has 0 aliphatic carbocycles. The second kappa shape index (κ2) is 8.56. The quantitative estimate of drug-likeness (QED) is 0.582. The highest BCUT2D eigenvalue weighted by molar-refractivity contribution is 7.91. The highest BCUT2D eigenvalue weighted by Crippen LogP contribution is 2.30. The predicted octanol–water partition coefficient (Wildman–Crippen LogP) is 3.35. The zero-order valence-corrected chi connectivity index (χ0v) is 16.4. The number of ether oxygens (including phenoxy) is 1. The maximum Gasteiger partial charge on any atom is 0.252 e. The van der Waals surface area contributed by atoms with Gasteiger partial charge in [-0.05, 0) is 56.4 Å². The summed E-state index contributed by atoms with van der Waals surface area (Å²) in [6.45, 7) is 1.12. The lowest BCUT2D eigenvalue weighted by Crippen LogP contribution is -2.12. The van der Waals surface area contributed by atoms with Gasteiger partial charge >= 0.3 is 0 Å². The van der Waals surface area contributed by atoms with E-state index in [4.69, 9.17) is 16.3 Å². The second-order valence-corrected chi connectivity index (χ2v) is 8.20. The highest BCUT2D eigenvalue weighted by atomic mass is 35.5. The number of rotatable bonds is 8. The average molecular weight is 406 g/mol. The molecule has 0 atom stereocenters. The van der Waals surface area contributed by atoms with E-state index in [0.717, 1.165) is 18.7 Å². The van der Waals surface area contributed by atoms with E-state index in [9.17, 15) is 8.42 Å². The molecule has 6 nitrogen and oxygen atoms in total. The van der Waals surface area contributed by atoms with Crippen molar-refractivity contribution in [2.75, 3.05) is 20.2 Å². The lowest BCUT2D eigenvalue weighted by atomic mass is 10.3. The lowest BCUT2D eigenvalue weighted by Gasteiger charge is -2.06. The fourth-order valence-electron chi connectivity index (χ4n) is 2.50. The van der Waals surface area contributed by atoms with Crippen molar-refractivity contribution >= 4 is 21.4 Å². The molecule has 142 valence electrons. The molecule has 0 amide bonds. The van der Waals surface area contributed by atoms with Crippen LogP contribution in [0.5, 0.6) is 5.88 Å². The van der Waals surface area contributed by atoms with E-state index >= 15 is 0 Å². The van der Waals surface area contributed by atoms with Gasteiger partial charge in [-0.1, -0.05) is 29.8 Å². The topological polar surface area (TPSA) is 73.2 Å². The van der Waals surface area contributed by atoms with Gasteiger partial charge in [0.25, 0.3) is 5.88 Å². The molecule has 2 aromatic carbocycles. The normalized spacial score (nSPS) is 11.5.